The number of methoxy groups -OCH3 is 3. The summed E-state index contributed by atoms with van der Waals surface area (Å²) in [6, 6.07) is 10.3. The van der Waals surface area contributed by atoms with E-state index in [-0.39, 0.29) is 35.9 Å². The van der Waals surface area contributed by atoms with Gasteiger partial charge in [-0.15, -0.1) is 5.10 Å². The zero-order valence-electron chi connectivity index (χ0n) is 24.0. The average Bonchev–Trinajstić information content (AvgIpc) is 3.54. The molecule has 2 aromatic carbocycles. The number of thioether (sulfide) groups is 1. The highest BCUT2D eigenvalue weighted by molar-refractivity contribution is 8.15. The van der Waals surface area contributed by atoms with Crippen molar-refractivity contribution in [1.29, 1.82) is 0 Å². The van der Waals surface area contributed by atoms with Gasteiger partial charge in [0.2, 0.25) is 10.9 Å². The van der Waals surface area contributed by atoms with Crippen LogP contribution < -0.4 is 18.9 Å². The summed E-state index contributed by atoms with van der Waals surface area (Å²) in [5.41, 5.74) is 2.23. The summed E-state index contributed by atoms with van der Waals surface area (Å²) in [5, 5.41) is 18.4. The van der Waals surface area contributed by atoms with Gasteiger partial charge in [0.1, 0.15) is 36.5 Å². The van der Waals surface area contributed by atoms with E-state index < -0.39 is 6.10 Å². The molecule has 4 rings (SSSR count). The zero-order chi connectivity index (χ0) is 30.2. The topological polar surface area (TPSA) is 131 Å². The summed E-state index contributed by atoms with van der Waals surface area (Å²) in [4.78, 5) is 24.7. The minimum atomic E-state index is -0.844. The summed E-state index contributed by atoms with van der Waals surface area (Å²) in [7, 11) is 4.58. The van der Waals surface area contributed by atoms with Gasteiger partial charge in [-0.1, -0.05) is 29.1 Å². The molecule has 0 fully saturated rings. The molecule has 0 saturated heterocycles. The minimum absolute atomic E-state index is 0.00505. The highest BCUT2D eigenvalue weighted by Gasteiger charge is 2.29. The van der Waals surface area contributed by atoms with E-state index in [0.29, 0.717) is 51.2 Å². The van der Waals surface area contributed by atoms with E-state index in [1.807, 2.05) is 6.92 Å². The fourth-order valence-corrected chi connectivity index (χ4v) is 5.25. The fourth-order valence-electron chi connectivity index (χ4n) is 4.30. The van der Waals surface area contributed by atoms with Crippen LogP contribution in [0.4, 0.5) is 0 Å². The van der Waals surface area contributed by atoms with Gasteiger partial charge in [-0.25, -0.2) is 4.68 Å². The van der Waals surface area contributed by atoms with Crippen LogP contribution in [-0.2, 0) is 22.7 Å². The van der Waals surface area contributed by atoms with Gasteiger partial charge in [0.25, 0.3) is 0 Å². The molecule has 0 bridgehead atoms. The fraction of sp³-hybridized carbons (Fsp3) is 0.333. The third-order valence-corrected chi connectivity index (χ3v) is 7.49. The minimum Gasteiger partial charge on any atom is -0.494 e. The number of ether oxygens (including phenoxy) is 5. The molecule has 12 heteroatoms. The van der Waals surface area contributed by atoms with Crippen LogP contribution in [0.3, 0.4) is 0 Å². The van der Waals surface area contributed by atoms with Gasteiger partial charge in [-0.3, -0.25) is 9.59 Å². The van der Waals surface area contributed by atoms with E-state index in [9.17, 15) is 14.7 Å². The molecule has 1 aliphatic rings. The normalized spacial score (nSPS) is 15.7. The predicted octanol–water partition coefficient (Wildman–Crippen LogP) is 4.09. The van der Waals surface area contributed by atoms with Crippen molar-refractivity contribution in [3.05, 3.63) is 76.8 Å². The summed E-state index contributed by atoms with van der Waals surface area (Å²) in [6.45, 7) is 3.93. The lowest BCUT2D eigenvalue weighted by molar-refractivity contribution is -0.107. The summed E-state index contributed by atoms with van der Waals surface area (Å²) in [6.07, 6.45) is 3.92. The third kappa shape index (κ3) is 7.31. The number of aromatic nitrogens is 3. The van der Waals surface area contributed by atoms with Crippen molar-refractivity contribution >= 4 is 28.7 Å². The van der Waals surface area contributed by atoms with Crippen LogP contribution >= 0.6 is 11.8 Å². The number of hydrogen-bond donors (Lipinski definition) is 1. The molecule has 1 aliphatic heterocycles. The number of aliphatic hydroxyl groups excluding tert-OH is 1. The molecule has 222 valence electrons. The van der Waals surface area contributed by atoms with Gasteiger partial charge in [-0.05, 0) is 50.3 Å². The monoisotopic (exact) mass is 595 g/mol. The maximum Gasteiger partial charge on any atom is 0.219 e. The molecule has 11 nitrogen and oxygen atoms in total. The van der Waals surface area contributed by atoms with Crippen molar-refractivity contribution in [2.75, 3.05) is 27.9 Å². The van der Waals surface area contributed by atoms with Crippen molar-refractivity contribution in [2.24, 2.45) is 0 Å². The molecule has 0 saturated carbocycles. The second kappa shape index (κ2) is 14.1. The third-order valence-electron chi connectivity index (χ3n) is 6.40. The molecule has 3 aromatic rings. The molecule has 1 N–H and O–H groups in total. The van der Waals surface area contributed by atoms with Crippen LogP contribution in [0, 0.1) is 0 Å². The van der Waals surface area contributed by atoms with Crippen molar-refractivity contribution in [3.8, 4) is 23.0 Å². The van der Waals surface area contributed by atoms with E-state index in [2.05, 4.69) is 10.3 Å². The van der Waals surface area contributed by atoms with E-state index in [1.165, 1.54) is 43.8 Å². The van der Waals surface area contributed by atoms with Gasteiger partial charge >= 0.3 is 0 Å². The van der Waals surface area contributed by atoms with Gasteiger partial charge < -0.3 is 28.8 Å². The molecule has 2 unspecified atom stereocenters. The quantitative estimate of drug-likeness (QED) is 0.214. The van der Waals surface area contributed by atoms with Crippen LogP contribution in [0.5, 0.6) is 23.0 Å². The Morgan fingerprint density at radius 2 is 1.90 bits per heavy atom. The molecule has 2 heterocycles. The van der Waals surface area contributed by atoms with Gasteiger partial charge in [0.15, 0.2) is 17.3 Å². The molecule has 0 radical (unpaired) electrons. The first kappa shape index (κ1) is 30.7. The van der Waals surface area contributed by atoms with E-state index in [4.69, 9.17) is 23.7 Å². The number of nitrogens with zero attached hydrogens (tertiary/aromatic N) is 3. The highest BCUT2D eigenvalue weighted by Crippen LogP contribution is 2.40. The molecule has 0 amide bonds. The lowest BCUT2D eigenvalue weighted by Crippen LogP contribution is -2.23. The molecule has 0 spiro atoms. The second-order valence-corrected chi connectivity index (χ2v) is 10.7. The molecule has 1 aromatic heterocycles. The van der Waals surface area contributed by atoms with Gasteiger partial charge in [0, 0.05) is 16.7 Å². The zero-order valence-corrected chi connectivity index (χ0v) is 24.8. The lowest BCUT2D eigenvalue weighted by atomic mass is 10.1. The Kier molecular flexibility index (Phi) is 10.3. The largest absolute Gasteiger partial charge is 0.494 e. The average molecular weight is 596 g/mol. The Hall–Kier alpha value is -4.29. The van der Waals surface area contributed by atoms with Crippen molar-refractivity contribution in [3.63, 3.8) is 0 Å². The van der Waals surface area contributed by atoms with Crippen LogP contribution in [0.15, 0.2) is 60.0 Å². The number of hydrogen-bond acceptors (Lipinski definition) is 11. The van der Waals surface area contributed by atoms with Crippen molar-refractivity contribution in [1.82, 2.24) is 15.0 Å². The van der Waals surface area contributed by atoms with E-state index in [1.54, 1.807) is 55.6 Å². The Morgan fingerprint density at radius 3 is 2.60 bits per heavy atom. The SMILES string of the molecule is COc1ccc(/C=C/C(=O)c2cccc(OCc3cn(CC(O)COC4=C(C)C(=O)SC4C)nn3)c2)c(OC)c1OC. The van der Waals surface area contributed by atoms with Crippen molar-refractivity contribution < 1.29 is 38.4 Å². The lowest BCUT2D eigenvalue weighted by Gasteiger charge is -2.15. The molecule has 42 heavy (non-hydrogen) atoms. The highest BCUT2D eigenvalue weighted by atomic mass is 32.2. The molecular formula is C30H33N3O8S. The maximum atomic E-state index is 12.9. The van der Waals surface area contributed by atoms with Crippen LogP contribution in [0.2, 0.25) is 0 Å². The molecular weight excluding hydrogens is 562 g/mol. The number of carbonyl (C=O) groups excluding carboxylic acids is 2. The second-order valence-electron chi connectivity index (χ2n) is 9.37. The summed E-state index contributed by atoms with van der Waals surface area (Å²) >= 11 is 1.21. The Morgan fingerprint density at radius 1 is 1.12 bits per heavy atom. The number of allylic oxidation sites excluding steroid dienone is 1. The Balaban J connectivity index is 1.32. The number of rotatable bonds is 14. The smallest absolute Gasteiger partial charge is 0.219 e. The van der Waals surface area contributed by atoms with Crippen LogP contribution in [0.25, 0.3) is 6.08 Å². The number of ketones is 1. The van der Waals surface area contributed by atoms with Crippen LogP contribution in [-0.4, -0.2) is 70.3 Å². The summed E-state index contributed by atoms with van der Waals surface area (Å²) in [5.74, 6) is 2.29. The van der Waals surface area contributed by atoms with Gasteiger partial charge in [-0.2, -0.15) is 0 Å². The molecule has 2 atom stereocenters. The van der Waals surface area contributed by atoms with E-state index >= 15 is 0 Å². The summed E-state index contributed by atoms with van der Waals surface area (Å²) < 4.78 is 29.2. The first-order valence-corrected chi connectivity index (χ1v) is 14.0. The Labute approximate surface area is 248 Å². The van der Waals surface area contributed by atoms with Gasteiger partial charge in [0.05, 0.1) is 39.3 Å². The molecule has 0 aliphatic carbocycles. The van der Waals surface area contributed by atoms with Crippen LogP contribution in [0.1, 0.15) is 35.5 Å². The standard InChI is InChI=1S/C30H33N3O8S/c1-18-27(19(2)42-30(18)36)41-17-23(34)15-33-14-22(31-32-33)16-40-24-8-6-7-21(13-24)25(35)11-9-20-10-12-26(37-3)29(39-5)28(20)38-4/h6-14,19,23,34H,15-17H2,1-5H3/b11-9+. The number of benzene rings is 2. The first-order valence-electron chi connectivity index (χ1n) is 13.1. The number of aliphatic hydroxyl groups is 1. The maximum absolute atomic E-state index is 12.9. The van der Waals surface area contributed by atoms with Crippen molar-refractivity contribution in [2.45, 2.75) is 38.4 Å². The first-order chi connectivity index (χ1) is 20.2. The predicted molar refractivity (Wildman–Crippen MR) is 157 cm³/mol. The van der Waals surface area contributed by atoms with E-state index in [0.717, 1.165) is 0 Å². The Bertz CT molecular complexity index is 1500. The number of carbonyl (C=O) groups is 2.